The van der Waals surface area contributed by atoms with Gasteiger partial charge in [-0.25, -0.2) is 9.78 Å². The second-order valence-corrected chi connectivity index (χ2v) is 8.68. The van der Waals surface area contributed by atoms with Crippen molar-refractivity contribution >= 4 is 49.9 Å². The SMILES string of the molecule is N#C/C(=C\c1cn[nH]c1-c1ccccc1)c1nc(-c2cc3cc(Br)ccc3oc2=O)cs1. The maximum atomic E-state index is 12.5. The molecule has 3 aromatic heterocycles. The van der Waals surface area contributed by atoms with E-state index in [0.717, 1.165) is 26.7 Å². The van der Waals surface area contributed by atoms with Gasteiger partial charge in [0, 0.05) is 26.4 Å². The van der Waals surface area contributed by atoms with Crippen molar-refractivity contribution in [3.05, 3.63) is 91.6 Å². The van der Waals surface area contributed by atoms with Gasteiger partial charge in [-0.05, 0) is 30.3 Å². The number of nitrogens with zero attached hydrogens (tertiary/aromatic N) is 3. The van der Waals surface area contributed by atoms with Gasteiger partial charge in [-0.2, -0.15) is 10.4 Å². The molecule has 0 amide bonds. The van der Waals surface area contributed by atoms with Crippen LogP contribution in [0.5, 0.6) is 0 Å². The molecule has 1 N–H and O–H groups in total. The van der Waals surface area contributed by atoms with Crippen LogP contribution in [-0.2, 0) is 0 Å². The Kier molecular flexibility index (Phi) is 5.27. The molecule has 154 valence electrons. The van der Waals surface area contributed by atoms with E-state index >= 15 is 0 Å². The number of rotatable bonds is 4. The normalized spacial score (nSPS) is 11.6. The topological polar surface area (TPSA) is 95.6 Å². The number of aromatic amines is 1. The lowest BCUT2D eigenvalue weighted by molar-refractivity contribution is 0.563. The zero-order chi connectivity index (χ0) is 22.1. The first kappa shape index (κ1) is 20.1. The lowest BCUT2D eigenvalue weighted by Crippen LogP contribution is -2.02. The van der Waals surface area contributed by atoms with Crippen LogP contribution in [0.4, 0.5) is 0 Å². The summed E-state index contributed by atoms with van der Waals surface area (Å²) < 4.78 is 6.33. The second-order valence-electron chi connectivity index (χ2n) is 6.90. The van der Waals surface area contributed by atoms with E-state index in [2.05, 4.69) is 37.2 Å². The minimum absolute atomic E-state index is 0.351. The monoisotopic (exact) mass is 500 g/mol. The average molecular weight is 501 g/mol. The Balaban J connectivity index is 1.54. The summed E-state index contributed by atoms with van der Waals surface area (Å²) in [5, 5.41) is 19.9. The fourth-order valence-corrected chi connectivity index (χ4v) is 4.50. The molecule has 0 saturated carbocycles. The van der Waals surface area contributed by atoms with Crippen LogP contribution in [0.15, 0.2) is 79.9 Å². The van der Waals surface area contributed by atoms with Crippen molar-refractivity contribution in [2.24, 2.45) is 0 Å². The van der Waals surface area contributed by atoms with Crippen LogP contribution in [0.1, 0.15) is 10.6 Å². The van der Waals surface area contributed by atoms with Crippen LogP contribution in [0.2, 0.25) is 0 Å². The van der Waals surface area contributed by atoms with E-state index < -0.39 is 5.63 Å². The molecule has 0 fully saturated rings. The molecule has 0 aliphatic carbocycles. The summed E-state index contributed by atoms with van der Waals surface area (Å²) in [5.74, 6) is 0. The molecule has 0 bridgehead atoms. The first-order chi connectivity index (χ1) is 15.6. The molecule has 0 atom stereocenters. The summed E-state index contributed by atoms with van der Waals surface area (Å²) in [5.41, 5.74) is 3.79. The molecule has 0 spiro atoms. The van der Waals surface area contributed by atoms with Crippen LogP contribution >= 0.6 is 27.3 Å². The van der Waals surface area contributed by atoms with E-state index in [1.54, 1.807) is 29.8 Å². The molecule has 0 radical (unpaired) electrons. The molecule has 5 rings (SSSR count). The second kappa shape index (κ2) is 8.38. The fourth-order valence-electron chi connectivity index (χ4n) is 3.33. The zero-order valence-corrected chi connectivity index (χ0v) is 18.8. The molecule has 2 aromatic carbocycles. The maximum Gasteiger partial charge on any atom is 0.345 e. The van der Waals surface area contributed by atoms with Gasteiger partial charge in [0.05, 0.1) is 28.7 Å². The van der Waals surface area contributed by atoms with Gasteiger partial charge in [0.25, 0.3) is 0 Å². The molecule has 0 aliphatic heterocycles. The zero-order valence-electron chi connectivity index (χ0n) is 16.4. The predicted octanol–water partition coefficient (Wildman–Crippen LogP) is 6.13. The minimum Gasteiger partial charge on any atom is -0.422 e. The van der Waals surface area contributed by atoms with E-state index in [-0.39, 0.29) is 0 Å². The van der Waals surface area contributed by atoms with Crippen molar-refractivity contribution in [3.8, 4) is 28.6 Å². The number of benzene rings is 2. The Hall–Kier alpha value is -3.80. The molecule has 3 heterocycles. The van der Waals surface area contributed by atoms with Crippen molar-refractivity contribution in [1.82, 2.24) is 15.2 Å². The first-order valence-corrected chi connectivity index (χ1v) is 11.2. The third-order valence-electron chi connectivity index (χ3n) is 4.86. The number of hydrogen-bond donors (Lipinski definition) is 1. The first-order valence-electron chi connectivity index (χ1n) is 9.52. The van der Waals surface area contributed by atoms with Crippen molar-refractivity contribution in [2.45, 2.75) is 0 Å². The van der Waals surface area contributed by atoms with Crippen LogP contribution in [0.3, 0.4) is 0 Å². The number of nitrogens with one attached hydrogen (secondary N) is 1. The summed E-state index contributed by atoms with van der Waals surface area (Å²) in [6, 6.07) is 19.1. The number of thiazole rings is 1. The Morgan fingerprint density at radius 2 is 2.03 bits per heavy atom. The van der Waals surface area contributed by atoms with Crippen LogP contribution < -0.4 is 5.63 Å². The van der Waals surface area contributed by atoms with Crippen molar-refractivity contribution < 1.29 is 4.42 Å². The van der Waals surface area contributed by atoms with Gasteiger partial charge in [-0.15, -0.1) is 11.3 Å². The molecule has 0 unspecified atom stereocenters. The Morgan fingerprint density at radius 3 is 2.84 bits per heavy atom. The number of aromatic nitrogens is 3. The summed E-state index contributed by atoms with van der Waals surface area (Å²) in [6.07, 6.45) is 3.42. The third kappa shape index (κ3) is 3.80. The van der Waals surface area contributed by atoms with Gasteiger partial charge >= 0.3 is 5.63 Å². The summed E-state index contributed by atoms with van der Waals surface area (Å²) in [7, 11) is 0. The Bertz CT molecular complexity index is 1580. The highest BCUT2D eigenvalue weighted by Crippen LogP contribution is 2.30. The highest BCUT2D eigenvalue weighted by Gasteiger charge is 2.15. The van der Waals surface area contributed by atoms with Crippen LogP contribution in [0, 0.1) is 11.3 Å². The smallest absolute Gasteiger partial charge is 0.345 e. The lowest BCUT2D eigenvalue weighted by atomic mass is 10.1. The van der Waals surface area contributed by atoms with Gasteiger partial charge in [-0.1, -0.05) is 46.3 Å². The van der Waals surface area contributed by atoms with Crippen molar-refractivity contribution in [3.63, 3.8) is 0 Å². The molecule has 8 heteroatoms. The maximum absolute atomic E-state index is 12.5. The third-order valence-corrected chi connectivity index (χ3v) is 6.23. The number of halogens is 1. The number of fused-ring (bicyclic) bond motifs is 1. The Labute approximate surface area is 194 Å². The van der Waals surface area contributed by atoms with E-state index in [9.17, 15) is 10.1 Å². The molecule has 5 aromatic rings. The molecule has 0 saturated heterocycles. The molecule has 6 nitrogen and oxygen atoms in total. The summed E-state index contributed by atoms with van der Waals surface area (Å²) >= 11 is 4.73. The molecule has 0 aliphatic rings. The number of H-pyrrole nitrogens is 1. The lowest BCUT2D eigenvalue weighted by Gasteiger charge is -2.01. The van der Waals surface area contributed by atoms with E-state index in [1.807, 2.05) is 42.5 Å². The molecular formula is C24H13BrN4O2S. The number of nitriles is 1. The van der Waals surface area contributed by atoms with Gasteiger partial charge in [-0.3, -0.25) is 5.10 Å². The van der Waals surface area contributed by atoms with Crippen molar-refractivity contribution in [2.75, 3.05) is 0 Å². The molecule has 32 heavy (non-hydrogen) atoms. The standard InChI is InChI=1S/C24H13BrN4O2S/c25-18-6-7-21-15(9-18)10-19(24(30)31-21)20-13-32-23(28-20)16(11-26)8-17-12-27-29-22(17)14-4-2-1-3-5-14/h1-10,12-13H,(H,27,29)/b16-8+. The highest BCUT2D eigenvalue weighted by atomic mass is 79.9. The quantitative estimate of drug-likeness (QED) is 0.236. The average Bonchev–Trinajstić information content (AvgIpc) is 3.47. The van der Waals surface area contributed by atoms with E-state index in [1.165, 1.54) is 11.3 Å². The van der Waals surface area contributed by atoms with Gasteiger partial charge in [0.2, 0.25) is 0 Å². The van der Waals surface area contributed by atoms with Gasteiger partial charge in [0.15, 0.2) is 0 Å². The summed E-state index contributed by atoms with van der Waals surface area (Å²) in [6.45, 7) is 0. The highest BCUT2D eigenvalue weighted by molar-refractivity contribution is 9.10. The van der Waals surface area contributed by atoms with E-state index in [4.69, 9.17) is 4.42 Å². The Morgan fingerprint density at radius 1 is 1.19 bits per heavy atom. The number of allylic oxidation sites excluding steroid dienone is 1. The van der Waals surface area contributed by atoms with E-state index in [0.29, 0.717) is 27.4 Å². The predicted molar refractivity (Wildman–Crippen MR) is 129 cm³/mol. The van der Waals surface area contributed by atoms with Gasteiger partial charge < -0.3 is 4.42 Å². The van der Waals surface area contributed by atoms with Gasteiger partial charge in [0.1, 0.15) is 16.7 Å². The van der Waals surface area contributed by atoms with Crippen molar-refractivity contribution in [1.29, 1.82) is 5.26 Å². The van der Waals surface area contributed by atoms with Crippen LogP contribution in [0.25, 0.3) is 45.1 Å². The van der Waals surface area contributed by atoms with Crippen LogP contribution in [-0.4, -0.2) is 15.2 Å². The minimum atomic E-state index is -0.472. The molecular weight excluding hydrogens is 488 g/mol. The number of hydrogen-bond acceptors (Lipinski definition) is 6. The largest absolute Gasteiger partial charge is 0.422 e. The summed E-state index contributed by atoms with van der Waals surface area (Å²) in [4.78, 5) is 17.1. The fraction of sp³-hybridized carbons (Fsp3) is 0.